The SMILES string of the molecule is CCC(SCC(=O)N1CCc2ccccc2C1)C(=O)O. The van der Waals surface area contributed by atoms with Crippen molar-refractivity contribution in [1.29, 1.82) is 0 Å². The van der Waals surface area contributed by atoms with E-state index in [1.54, 1.807) is 0 Å². The van der Waals surface area contributed by atoms with Gasteiger partial charge in [-0.1, -0.05) is 31.2 Å². The molecule has 0 bridgehead atoms. The van der Waals surface area contributed by atoms with E-state index < -0.39 is 11.2 Å². The zero-order chi connectivity index (χ0) is 14.5. The molecule has 5 heteroatoms. The van der Waals surface area contributed by atoms with Gasteiger partial charge in [0.15, 0.2) is 0 Å². The van der Waals surface area contributed by atoms with Crippen LogP contribution in [0.5, 0.6) is 0 Å². The Morgan fingerprint density at radius 1 is 1.35 bits per heavy atom. The Hall–Kier alpha value is -1.49. The van der Waals surface area contributed by atoms with Crippen LogP contribution in [0.2, 0.25) is 0 Å². The van der Waals surface area contributed by atoms with Crippen molar-refractivity contribution in [2.24, 2.45) is 0 Å². The maximum Gasteiger partial charge on any atom is 0.316 e. The minimum Gasteiger partial charge on any atom is -0.480 e. The summed E-state index contributed by atoms with van der Waals surface area (Å²) in [6.07, 6.45) is 1.42. The molecule has 1 N–H and O–H groups in total. The molecule has 1 aliphatic rings. The summed E-state index contributed by atoms with van der Waals surface area (Å²) in [6.45, 7) is 3.19. The highest BCUT2D eigenvalue weighted by atomic mass is 32.2. The van der Waals surface area contributed by atoms with Gasteiger partial charge in [-0.05, 0) is 24.0 Å². The molecule has 1 aliphatic heterocycles. The van der Waals surface area contributed by atoms with Crippen molar-refractivity contribution < 1.29 is 14.7 Å². The first-order valence-corrected chi connectivity index (χ1v) is 7.85. The number of carbonyl (C=O) groups excluding carboxylic acids is 1. The van der Waals surface area contributed by atoms with E-state index in [1.807, 2.05) is 30.0 Å². The van der Waals surface area contributed by atoms with Crippen LogP contribution in [-0.4, -0.2) is 39.4 Å². The standard InChI is InChI=1S/C15H19NO3S/c1-2-13(15(18)19)20-10-14(17)16-8-7-11-5-3-4-6-12(11)9-16/h3-6,13H,2,7-10H2,1H3,(H,18,19). The number of carboxylic acid groups (broad SMARTS) is 1. The van der Waals surface area contributed by atoms with Crippen LogP contribution in [0.15, 0.2) is 24.3 Å². The van der Waals surface area contributed by atoms with E-state index in [0.717, 1.165) is 13.0 Å². The number of hydrogen-bond acceptors (Lipinski definition) is 3. The number of carbonyl (C=O) groups is 2. The van der Waals surface area contributed by atoms with E-state index >= 15 is 0 Å². The van der Waals surface area contributed by atoms with Gasteiger partial charge in [0.2, 0.25) is 5.91 Å². The highest BCUT2D eigenvalue weighted by molar-refractivity contribution is 8.01. The van der Waals surface area contributed by atoms with Crippen molar-refractivity contribution in [2.45, 2.75) is 31.6 Å². The minimum atomic E-state index is -0.839. The summed E-state index contributed by atoms with van der Waals surface area (Å²) in [7, 11) is 0. The average Bonchev–Trinajstić information content (AvgIpc) is 2.46. The number of nitrogens with zero attached hydrogens (tertiary/aromatic N) is 1. The molecule has 4 nitrogen and oxygen atoms in total. The highest BCUT2D eigenvalue weighted by Crippen LogP contribution is 2.21. The summed E-state index contributed by atoms with van der Waals surface area (Å²) in [5.74, 6) is -0.564. The van der Waals surface area contributed by atoms with Gasteiger partial charge >= 0.3 is 5.97 Å². The number of carboxylic acids is 1. The average molecular weight is 293 g/mol. The van der Waals surface area contributed by atoms with Gasteiger partial charge < -0.3 is 10.0 Å². The maximum atomic E-state index is 12.2. The quantitative estimate of drug-likeness (QED) is 0.904. The van der Waals surface area contributed by atoms with Crippen LogP contribution in [0.4, 0.5) is 0 Å². The summed E-state index contributed by atoms with van der Waals surface area (Å²) >= 11 is 1.22. The van der Waals surface area contributed by atoms with E-state index in [4.69, 9.17) is 5.11 Å². The predicted molar refractivity (Wildman–Crippen MR) is 79.7 cm³/mol. The number of benzene rings is 1. The topological polar surface area (TPSA) is 57.6 Å². The first-order chi connectivity index (χ1) is 9.61. The van der Waals surface area contributed by atoms with Crippen molar-refractivity contribution in [3.05, 3.63) is 35.4 Å². The van der Waals surface area contributed by atoms with Crippen LogP contribution in [0.3, 0.4) is 0 Å². The van der Waals surface area contributed by atoms with Gasteiger partial charge in [-0.2, -0.15) is 0 Å². The van der Waals surface area contributed by atoms with E-state index in [0.29, 0.717) is 13.0 Å². The van der Waals surface area contributed by atoms with E-state index in [2.05, 4.69) is 6.07 Å². The van der Waals surface area contributed by atoms with Crippen molar-refractivity contribution >= 4 is 23.6 Å². The molecule has 1 atom stereocenters. The summed E-state index contributed by atoms with van der Waals surface area (Å²) in [4.78, 5) is 24.9. The molecule has 0 saturated carbocycles. The third kappa shape index (κ3) is 3.54. The number of aliphatic carboxylic acids is 1. The summed E-state index contributed by atoms with van der Waals surface area (Å²) in [6, 6.07) is 8.15. The first-order valence-electron chi connectivity index (χ1n) is 6.80. The molecule has 0 saturated heterocycles. The van der Waals surface area contributed by atoms with Crippen molar-refractivity contribution in [1.82, 2.24) is 4.90 Å². The zero-order valence-corrected chi connectivity index (χ0v) is 12.4. The van der Waals surface area contributed by atoms with Gasteiger partial charge in [0.1, 0.15) is 5.25 Å². The Balaban J connectivity index is 1.90. The fourth-order valence-electron chi connectivity index (χ4n) is 2.34. The lowest BCUT2D eigenvalue weighted by molar-refractivity contribution is -0.136. The normalized spacial score (nSPS) is 15.6. The van der Waals surface area contributed by atoms with E-state index in [9.17, 15) is 9.59 Å². The Morgan fingerprint density at radius 2 is 2.05 bits per heavy atom. The Kier molecular flexibility index (Phi) is 5.06. The first kappa shape index (κ1) is 14.9. The monoisotopic (exact) mass is 293 g/mol. The molecule has 1 amide bonds. The lowest BCUT2D eigenvalue weighted by Gasteiger charge is -2.29. The molecule has 0 fully saturated rings. The fraction of sp³-hybridized carbons (Fsp3) is 0.467. The van der Waals surface area contributed by atoms with Gasteiger partial charge in [0.05, 0.1) is 5.75 Å². The second kappa shape index (κ2) is 6.79. The second-order valence-electron chi connectivity index (χ2n) is 4.88. The predicted octanol–water partition coefficient (Wildman–Crippen LogP) is 2.17. The van der Waals surface area contributed by atoms with Crippen LogP contribution in [0, 0.1) is 0 Å². The maximum absolute atomic E-state index is 12.2. The summed E-state index contributed by atoms with van der Waals surface area (Å²) in [5, 5.41) is 8.49. The molecule has 1 aromatic rings. The van der Waals surface area contributed by atoms with Crippen LogP contribution in [-0.2, 0) is 22.6 Å². The molecule has 2 rings (SSSR count). The molecule has 1 unspecified atom stereocenters. The summed E-state index contributed by atoms with van der Waals surface area (Å²) in [5.41, 5.74) is 2.50. The molecule has 1 heterocycles. The second-order valence-corrected chi connectivity index (χ2v) is 6.07. The Labute approximate surface area is 123 Å². The van der Waals surface area contributed by atoms with Crippen molar-refractivity contribution in [2.75, 3.05) is 12.3 Å². The van der Waals surface area contributed by atoms with Gasteiger partial charge in [-0.3, -0.25) is 9.59 Å². The number of amides is 1. The lowest BCUT2D eigenvalue weighted by Crippen LogP contribution is -2.37. The van der Waals surface area contributed by atoms with E-state index in [-0.39, 0.29) is 11.7 Å². The smallest absolute Gasteiger partial charge is 0.316 e. The van der Waals surface area contributed by atoms with E-state index in [1.165, 1.54) is 22.9 Å². The van der Waals surface area contributed by atoms with Crippen LogP contribution in [0.25, 0.3) is 0 Å². The third-order valence-corrected chi connectivity index (χ3v) is 4.89. The molecule has 0 radical (unpaired) electrons. The van der Waals surface area contributed by atoms with Gasteiger partial charge in [0, 0.05) is 13.1 Å². The molecule has 0 spiro atoms. The third-order valence-electron chi connectivity index (χ3n) is 3.54. The number of hydrogen-bond donors (Lipinski definition) is 1. The zero-order valence-electron chi connectivity index (χ0n) is 11.5. The number of thioether (sulfide) groups is 1. The largest absolute Gasteiger partial charge is 0.480 e. The summed E-state index contributed by atoms with van der Waals surface area (Å²) < 4.78 is 0. The molecule has 108 valence electrons. The number of fused-ring (bicyclic) bond motifs is 1. The van der Waals surface area contributed by atoms with Crippen LogP contribution >= 0.6 is 11.8 Å². The fourth-order valence-corrected chi connectivity index (χ4v) is 3.24. The molecule has 1 aromatic carbocycles. The lowest BCUT2D eigenvalue weighted by atomic mass is 10.00. The minimum absolute atomic E-state index is 0.0317. The number of rotatable bonds is 5. The Morgan fingerprint density at radius 3 is 2.70 bits per heavy atom. The van der Waals surface area contributed by atoms with Crippen molar-refractivity contribution in [3.8, 4) is 0 Å². The molecule has 0 aliphatic carbocycles. The molecule has 0 aromatic heterocycles. The Bertz CT molecular complexity index is 504. The highest BCUT2D eigenvalue weighted by Gasteiger charge is 2.23. The van der Waals surface area contributed by atoms with Gasteiger partial charge in [-0.25, -0.2) is 0 Å². The van der Waals surface area contributed by atoms with Crippen LogP contribution in [0.1, 0.15) is 24.5 Å². The van der Waals surface area contributed by atoms with Crippen molar-refractivity contribution in [3.63, 3.8) is 0 Å². The van der Waals surface area contributed by atoms with Crippen LogP contribution < -0.4 is 0 Å². The molecular formula is C15H19NO3S. The van der Waals surface area contributed by atoms with Gasteiger partial charge in [0.25, 0.3) is 0 Å². The molecular weight excluding hydrogens is 274 g/mol. The molecule has 20 heavy (non-hydrogen) atoms. The van der Waals surface area contributed by atoms with Gasteiger partial charge in [-0.15, -0.1) is 11.8 Å².